The van der Waals surface area contributed by atoms with Crippen LogP contribution in [-0.4, -0.2) is 18.1 Å². The van der Waals surface area contributed by atoms with Crippen molar-refractivity contribution in [1.29, 1.82) is 0 Å². The Morgan fingerprint density at radius 2 is 1.61 bits per heavy atom. The molecule has 1 aromatic carbocycles. The maximum Gasteiger partial charge on any atom is 0.499 e. The summed E-state index contributed by atoms with van der Waals surface area (Å²) in [5.74, 6) is -0.908. The summed E-state index contributed by atoms with van der Waals surface area (Å²) in [4.78, 5) is 11.2. The van der Waals surface area contributed by atoms with Crippen molar-refractivity contribution in [2.75, 3.05) is 0 Å². The Bertz CT molecular complexity index is 422. The van der Waals surface area contributed by atoms with E-state index in [0.29, 0.717) is 0 Å². The first kappa shape index (κ1) is 14.4. The summed E-state index contributed by atoms with van der Waals surface area (Å²) in [6.45, 7) is 1.60. The third-order valence-electron chi connectivity index (χ3n) is 2.07. The van der Waals surface area contributed by atoms with Gasteiger partial charge in [-0.2, -0.15) is 22.0 Å². The first-order chi connectivity index (χ1) is 8.17. The van der Waals surface area contributed by atoms with Crippen LogP contribution >= 0.6 is 0 Å². The standard InChI is InChI=1S/C11H9F5O2/c1-2-9(17)7-3-5-8(6-4-7)18-11(15,16)10(12,13)14/h3-6H,2H2,1H3. The zero-order valence-electron chi connectivity index (χ0n) is 9.22. The van der Waals surface area contributed by atoms with Gasteiger partial charge in [-0.1, -0.05) is 6.92 Å². The molecule has 0 unspecified atom stereocenters. The van der Waals surface area contributed by atoms with Crippen molar-refractivity contribution in [2.45, 2.75) is 25.6 Å². The van der Waals surface area contributed by atoms with Crippen LogP contribution < -0.4 is 4.74 Å². The van der Waals surface area contributed by atoms with Crippen molar-refractivity contribution in [3.05, 3.63) is 29.8 Å². The van der Waals surface area contributed by atoms with E-state index in [1.807, 2.05) is 0 Å². The number of ketones is 1. The number of ether oxygens (including phenoxy) is 1. The van der Waals surface area contributed by atoms with Crippen LogP contribution in [0.15, 0.2) is 24.3 Å². The van der Waals surface area contributed by atoms with Gasteiger partial charge in [0.05, 0.1) is 0 Å². The van der Waals surface area contributed by atoms with Gasteiger partial charge in [0.1, 0.15) is 5.75 Å². The predicted molar refractivity (Wildman–Crippen MR) is 52.7 cm³/mol. The minimum Gasteiger partial charge on any atom is -0.426 e. The molecule has 0 aromatic heterocycles. The molecule has 2 nitrogen and oxygen atoms in total. The number of carbonyl (C=O) groups excluding carboxylic acids is 1. The summed E-state index contributed by atoms with van der Waals surface area (Å²) in [6, 6.07) is 4.05. The van der Waals surface area contributed by atoms with E-state index in [1.165, 1.54) is 0 Å². The molecule has 0 saturated carbocycles. The topological polar surface area (TPSA) is 26.3 Å². The molecule has 0 aliphatic rings. The van der Waals surface area contributed by atoms with Crippen molar-refractivity contribution < 1.29 is 31.5 Å². The number of alkyl halides is 5. The molecule has 0 N–H and O–H groups in total. The second kappa shape index (κ2) is 4.91. The fourth-order valence-corrected chi connectivity index (χ4v) is 1.12. The summed E-state index contributed by atoms with van der Waals surface area (Å²) >= 11 is 0. The molecular weight excluding hydrogens is 259 g/mol. The Balaban J connectivity index is 2.85. The molecule has 18 heavy (non-hydrogen) atoms. The maximum atomic E-state index is 12.5. The molecule has 0 atom stereocenters. The van der Waals surface area contributed by atoms with E-state index in [1.54, 1.807) is 6.92 Å². The van der Waals surface area contributed by atoms with E-state index >= 15 is 0 Å². The van der Waals surface area contributed by atoms with Crippen molar-refractivity contribution in [2.24, 2.45) is 0 Å². The van der Waals surface area contributed by atoms with Crippen LogP contribution in [0.3, 0.4) is 0 Å². The summed E-state index contributed by atoms with van der Waals surface area (Å²) in [5.41, 5.74) is 0.222. The average molecular weight is 268 g/mol. The van der Waals surface area contributed by atoms with Crippen LogP contribution in [-0.2, 0) is 0 Å². The second-order valence-corrected chi connectivity index (χ2v) is 3.42. The molecule has 0 fully saturated rings. The van der Waals surface area contributed by atoms with Crippen molar-refractivity contribution >= 4 is 5.78 Å². The van der Waals surface area contributed by atoms with Gasteiger partial charge in [-0.25, -0.2) is 0 Å². The van der Waals surface area contributed by atoms with Crippen LogP contribution in [0.4, 0.5) is 22.0 Å². The molecule has 1 rings (SSSR count). The number of halogens is 5. The zero-order valence-corrected chi connectivity index (χ0v) is 9.22. The largest absolute Gasteiger partial charge is 0.499 e. The van der Waals surface area contributed by atoms with Crippen LogP contribution in [0.1, 0.15) is 23.7 Å². The lowest BCUT2D eigenvalue weighted by atomic mass is 10.1. The van der Waals surface area contributed by atoms with E-state index < -0.39 is 18.0 Å². The van der Waals surface area contributed by atoms with Crippen LogP contribution in [0.25, 0.3) is 0 Å². The van der Waals surface area contributed by atoms with Gasteiger partial charge in [0.15, 0.2) is 5.78 Å². The summed E-state index contributed by atoms with van der Waals surface area (Å²) < 4.78 is 64.2. The van der Waals surface area contributed by atoms with Gasteiger partial charge < -0.3 is 4.74 Å². The molecule has 0 spiro atoms. The van der Waals surface area contributed by atoms with E-state index in [-0.39, 0.29) is 17.8 Å². The molecule has 0 saturated heterocycles. The molecule has 0 amide bonds. The first-order valence-electron chi connectivity index (χ1n) is 4.94. The van der Waals surface area contributed by atoms with Crippen LogP contribution in [0.5, 0.6) is 5.75 Å². The van der Waals surface area contributed by atoms with Gasteiger partial charge >= 0.3 is 12.3 Å². The quantitative estimate of drug-likeness (QED) is 0.613. The summed E-state index contributed by atoms with van der Waals surface area (Å²) in [5, 5.41) is 0. The normalized spacial score (nSPS) is 12.3. The van der Waals surface area contributed by atoms with E-state index in [9.17, 15) is 26.7 Å². The third kappa shape index (κ3) is 3.18. The number of hydrogen-bond donors (Lipinski definition) is 0. The minimum atomic E-state index is -5.79. The van der Waals surface area contributed by atoms with Crippen LogP contribution in [0, 0.1) is 0 Å². The van der Waals surface area contributed by atoms with Gasteiger partial charge in [-0.15, -0.1) is 0 Å². The van der Waals surface area contributed by atoms with Crippen molar-refractivity contribution in [1.82, 2.24) is 0 Å². The van der Waals surface area contributed by atoms with Gasteiger partial charge in [0.25, 0.3) is 0 Å². The molecule has 0 radical (unpaired) electrons. The van der Waals surface area contributed by atoms with Crippen LogP contribution in [0.2, 0.25) is 0 Å². The molecule has 7 heteroatoms. The minimum absolute atomic E-state index is 0.207. The number of rotatable bonds is 4. The highest BCUT2D eigenvalue weighted by Gasteiger charge is 2.61. The average Bonchev–Trinajstić information content (AvgIpc) is 2.27. The Kier molecular flexibility index (Phi) is 3.93. The van der Waals surface area contributed by atoms with Crippen molar-refractivity contribution in [3.8, 4) is 5.75 Å². The third-order valence-corrected chi connectivity index (χ3v) is 2.07. The molecule has 100 valence electrons. The number of hydrogen-bond acceptors (Lipinski definition) is 2. The molecule has 0 aliphatic carbocycles. The Morgan fingerprint density at radius 1 is 1.11 bits per heavy atom. The molecule has 0 bridgehead atoms. The second-order valence-electron chi connectivity index (χ2n) is 3.42. The smallest absolute Gasteiger partial charge is 0.426 e. The van der Waals surface area contributed by atoms with Gasteiger partial charge in [-0.05, 0) is 24.3 Å². The SMILES string of the molecule is CCC(=O)c1ccc(OC(F)(F)C(F)(F)F)cc1. The highest BCUT2D eigenvalue weighted by atomic mass is 19.4. The fraction of sp³-hybridized carbons (Fsp3) is 0.364. The van der Waals surface area contributed by atoms with Gasteiger partial charge in [-0.3, -0.25) is 4.79 Å². The Hall–Kier alpha value is -1.66. The highest BCUT2D eigenvalue weighted by Crippen LogP contribution is 2.37. The first-order valence-corrected chi connectivity index (χ1v) is 4.94. The molecule has 0 heterocycles. The van der Waals surface area contributed by atoms with E-state index in [0.717, 1.165) is 24.3 Å². The fourth-order valence-electron chi connectivity index (χ4n) is 1.12. The lowest BCUT2D eigenvalue weighted by Gasteiger charge is -2.20. The lowest BCUT2D eigenvalue weighted by molar-refractivity contribution is -0.360. The van der Waals surface area contributed by atoms with Gasteiger partial charge in [0.2, 0.25) is 0 Å². The Morgan fingerprint density at radius 3 is 2.00 bits per heavy atom. The number of carbonyl (C=O) groups is 1. The zero-order chi connectivity index (χ0) is 14.0. The predicted octanol–water partition coefficient (Wildman–Crippen LogP) is 3.81. The lowest BCUT2D eigenvalue weighted by Crippen LogP contribution is -2.41. The molecule has 1 aromatic rings. The molecule has 0 aliphatic heterocycles. The molecular formula is C11H9F5O2. The van der Waals surface area contributed by atoms with Gasteiger partial charge in [0, 0.05) is 12.0 Å². The summed E-state index contributed by atoms with van der Waals surface area (Å²) in [6.07, 6.45) is -10.8. The van der Waals surface area contributed by atoms with E-state index in [2.05, 4.69) is 4.74 Å². The summed E-state index contributed by atoms with van der Waals surface area (Å²) in [7, 11) is 0. The number of benzene rings is 1. The van der Waals surface area contributed by atoms with Crippen molar-refractivity contribution in [3.63, 3.8) is 0 Å². The van der Waals surface area contributed by atoms with E-state index in [4.69, 9.17) is 0 Å². The maximum absolute atomic E-state index is 12.5. The number of Topliss-reactive ketones (excluding diaryl/α,β-unsaturated/α-hetero) is 1. The monoisotopic (exact) mass is 268 g/mol. The highest BCUT2D eigenvalue weighted by molar-refractivity contribution is 5.95. The Labute approximate surface area is 99.4 Å².